The second-order valence-corrected chi connectivity index (χ2v) is 10.6. The summed E-state index contributed by atoms with van der Waals surface area (Å²) in [4.78, 5) is 13.1. The number of hydrogen-bond acceptors (Lipinski definition) is 9. The first kappa shape index (κ1) is 30.5. The molecule has 0 bridgehead atoms. The van der Waals surface area contributed by atoms with Crippen molar-refractivity contribution in [2.75, 3.05) is 0 Å². The van der Waals surface area contributed by atoms with Crippen molar-refractivity contribution in [3.8, 4) is 68.5 Å². The second-order valence-electron chi connectivity index (χ2n) is 10.6. The fraction of sp³-hybridized carbons (Fsp3) is 0.0909. The molecular weight excluding hydrogens is 642 g/mol. The Kier molecular flexibility index (Phi) is 7.38. The summed E-state index contributed by atoms with van der Waals surface area (Å²) in [5, 5.41) is 12.0. The summed E-state index contributed by atoms with van der Waals surface area (Å²) in [6.07, 6.45) is -9.16. The second kappa shape index (κ2) is 11.6. The van der Waals surface area contributed by atoms with Gasteiger partial charge in [0.2, 0.25) is 17.5 Å². The van der Waals surface area contributed by atoms with Crippen LogP contribution in [0.4, 0.5) is 26.3 Å². The van der Waals surface area contributed by atoms with Gasteiger partial charge in [-0.25, -0.2) is 0 Å². The molecule has 0 aliphatic carbocycles. The van der Waals surface area contributed by atoms with Crippen LogP contribution in [0.1, 0.15) is 16.7 Å². The van der Waals surface area contributed by atoms with E-state index >= 15 is 0 Å². The molecule has 3 aromatic heterocycles. The number of halogens is 6. The molecule has 0 saturated carbocycles. The van der Waals surface area contributed by atoms with E-state index in [0.717, 1.165) is 29.8 Å². The van der Waals surface area contributed by atoms with E-state index in [1.165, 1.54) is 24.3 Å². The highest BCUT2D eigenvalue weighted by atomic mass is 19.4. The third kappa shape index (κ3) is 6.17. The van der Waals surface area contributed by atoms with Crippen molar-refractivity contribution >= 4 is 0 Å². The number of nitrogens with zero attached hydrogens (tertiary/aromatic N) is 6. The minimum Gasteiger partial charge on any atom is -0.334 e. The molecule has 48 heavy (non-hydrogen) atoms. The van der Waals surface area contributed by atoms with E-state index in [1.807, 2.05) is 25.1 Å². The summed E-state index contributed by atoms with van der Waals surface area (Å²) in [6.45, 7) is 1.91. The number of aryl methyl sites for hydroxylation is 1. The molecule has 0 atom stereocenters. The highest BCUT2D eigenvalue weighted by Gasteiger charge is 2.32. The van der Waals surface area contributed by atoms with Gasteiger partial charge in [-0.15, -0.1) is 0 Å². The molecule has 3 heterocycles. The Morgan fingerprint density at radius 2 is 0.792 bits per heavy atom. The van der Waals surface area contributed by atoms with Gasteiger partial charge >= 0.3 is 12.4 Å². The standard InChI is InChI=1S/C33H18F6N6O3/c1-17-5-2-6-18(11-17)29-40-26(43-46-29)21-12-22(27-41-30(47-44-27)19-7-3-9-24(15-19)32(34,35)36)14-23(13-21)28-42-31(48-45-28)20-8-4-10-25(16-20)33(37,38)39/h2-16H,1H3. The Bertz CT molecular complexity index is 2160. The zero-order valence-corrected chi connectivity index (χ0v) is 24.3. The highest BCUT2D eigenvalue weighted by Crippen LogP contribution is 2.36. The van der Waals surface area contributed by atoms with E-state index in [4.69, 9.17) is 13.6 Å². The van der Waals surface area contributed by atoms with Crippen LogP contribution in [0.3, 0.4) is 0 Å². The molecule has 0 amide bonds. The molecule has 0 aliphatic heterocycles. The van der Waals surface area contributed by atoms with Crippen molar-refractivity contribution in [3.63, 3.8) is 0 Å². The van der Waals surface area contributed by atoms with Crippen molar-refractivity contribution < 1.29 is 39.9 Å². The number of aromatic nitrogens is 6. The van der Waals surface area contributed by atoms with Gasteiger partial charge in [-0.05, 0) is 73.7 Å². The summed E-state index contributed by atoms with van der Waals surface area (Å²) in [5.41, 5.74) is 0.944. The van der Waals surface area contributed by atoms with E-state index in [9.17, 15) is 26.3 Å². The Balaban J connectivity index is 1.31. The summed E-state index contributed by atoms with van der Waals surface area (Å²) in [7, 11) is 0. The van der Waals surface area contributed by atoms with Crippen LogP contribution in [0.25, 0.3) is 68.5 Å². The minimum atomic E-state index is -4.58. The monoisotopic (exact) mass is 660 g/mol. The normalized spacial score (nSPS) is 12.1. The highest BCUT2D eigenvalue weighted by molar-refractivity contribution is 5.76. The maximum Gasteiger partial charge on any atom is 0.416 e. The van der Waals surface area contributed by atoms with Gasteiger partial charge in [0.15, 0.2) is 0 Å². The van der Waals surface area contributed by atoms with Crippen LogP contribution in [-0.4, -0.2) is 30.4 Å². The van der Waals surface area contributed by atoms with E-state index in [1.54, 1.807) is 24.3 Å². The lowest BCUT2D eigenvalue weighted by molar-refractivity contribution is -0.138. The van der Waals surface area contributed by atoms with Gasteiger partial charge in [0.05, 0.1) is 11.1 Å². The van der Waals surface area contributed by atoms with Gasteiger partial charge in [-0.1, -0.05) is 45.3 Å². The number of benzene rings is 4. The molecule has 0 spiro atoms. The molecule has 7 aromatic rings. The summed E-state index contributed by atoms with van der Waals surface area (Å²) >= 11 is 0. The lowest BCUT2D eigenvalue weighted by atomic mass is 10.0. The molecule has 7 rings (SSSR count). The van der Waals surface area contributed by atoms with Crippen LogP contribution in [0, 0.1) is 6.92 Å². The van der Waals surface area contributed by atoms with Crippen molar-refractivity contribution in [1.82, 2.24) is 30.4 Å². The van der Waals surface area contributed by atoms with Gasteiger partial charge in [0.25, 0.3) is 17.7 Å². The molecule has 0 unspecified atom stereocenters. The molecule has 0 saturated heterocycles. The third-order valence-electron chi connectivity index (χ3n) is 7.12. The fourth-order valence-corrected chi connectivity index (χ4v) is 4.82. The van der Waals surface area contributed by atoms with Gasteiger partial charge in [0.1, 0.15) is 0 Å². The van der Waals surface area contributed by atoms with Crippen molar-refractivity contribution in [1.29, 1.82) is 0 Å². The van der Waals surface area contributed by atoms with Crippen LogP contribution in [0.2, 0.25) is 0 Å². The van der Waals surface area contributed by atoms with Gasteiger partial charge in [0, 0.05) is 33.4 Å². The Labute approximate surface area is 265 Å². The van der Waals surface area contributed by atoms with E-state index in [0.29, 0.717) is 22.3 Å². The van der Waals surface area contributed by atoms with Gasteiger partial charge in [-0.2, -0.15) is 41.3 Å². The predicted octanol–water partition coefficient (Wildman–Crippen LogP) is 9.18. The Morgan fingerprint density at radius 1 is 0.438 bits per heavy atom. The average molecular weight is 661 g/mol. The van der Waals surface area contributed by atoms with Crippen LogP contribution in [-0.2, 0) is 12.4 Å². The lowest BCUT2D eigenvalue weighted by Gasteiger charge is -2.06. The zero-order valence-electron chi connectivity index (χ0n) is 24.3. The fourth-order valence-electron chi connectivity index (χ4n) is 4.82. The zero-order chi connectivity index (χ0) is 33.6. The summed E-state index contributed by atoms with van der Waals surface area (Å²) < 4.78 is 96.1. The lowest BCUT2D eigenvalue weighted by Crippen LogP contribution is -2.04. The molecule has 9 nitrogen and oxygen atoms in total. The Morgan fingerprint density at radius 3 is 1.15 bits per heavy atom. The maximum atomic E-state index is 13.3. The maximum absolute atomic E-state index is 13.3. The van der Waals surface area contributed by atoms with Crippen molar-refractivity contribution in [3.05, 3.63) is 108 Å². The third-order valence-corrected chi connectivity index (χ3v) is 7.12. The number of hydrogen-bond donors (Lipinski definition) is 0. The molecule has 4 aromatic carbocycles. The molecular formula is C33H18F6N6O3. The molecule has 0 aliphatic rings. The van der Waals surface area contributed by atoms with E-state index < -0.39 is 23.5 Å². The van der Waals surface area contributed by atoms with Crippen LogP contribution in [0.15, 0.2) is 105 Å². The molecule has 0 radical (unpaired) electrons. The number of alkyl halides is 6. The first-order valence-corrected chi connectivity index (χ1v) is 14.0. The van der Waals surface area contributed by atoms with E-state index in [-0.39, 0.29) is 46.3 Å². The average Bonchev–Trinajstić information content (AvgIpc) is 3.86. The van der Waals surface area contributed by atoms with Crippen LogP contribution < -0.4 is 0 Å². The first-order chi connectivity index (χ1) is 22.9. The minimum absolute atomic E-state index is 0.00508. The first-order valence-electron chi connectivity index (χ1n) is 14.0. The molecule has 15 heteroatoms. The van der Waals surface area contributed by atoms with Crippen LogP contribution >= 0.6 is 0 Å². The van der Waals surface area contributed by atoms with Crippen LogP contribution in [0.5, 0.6) is 0 Å². The molecule has 0 N–H and O–H groups in total. The predicted molar refractivity (Wildman–Crippen MR) is 157 cm³/mol. The summed E-state index contributed by atoms with van der Waals surface area (Å²) in [6, 6.07) is 21.0. The van der Waals surface area contributed by atoms with Crippen molar-refractivity contribution in [2.24, 2.45) is 0 Å². The van der Waals surface area contributed by atoms with Crippen molar-refractivity contribution in [2.45, 2.75) is 19.3 Å². The SMILES string of the molecule is Cc1cccc(-c2nc(-c3cc(-c4noc(-c5cccc(C(F)(F)F)c5)n4)cc(-c4noc(-c5cccc(C(F)(F)F)c5)n4)c3)no2)c1. The van der Waals surface area contributed by atoms with Gasteiger partial charge < -0.3 is 13.6 Å². The number of rotatable bonds is 6. The quantitative estimate of drug-likeness (QED) is 0.161. The molecule has 0 fully saturated rings. The largest absolute Gasteiger partial charge is 0.416 e. The smallest absolute Gasteiger partial charge is 0.334 e. The van der Waals surface area contributed by atoms with Gasteiger partial charge in [-0.3, -0.25) is 0 Å². The topological polar surface area (TPSA) is 117 Å². The summed E-state index contributed by atoms with van der Waals surface area (Å²) in [5.74, 6) is 0.0340. The Hall–Kier alpha value is -6.12. The van der Waals surface area contributed by atoms with E-state index in [2.05, 4.69) is 30.4 Å². The molecule has 240 valence electrons.